The standard InChI is InChI=1S/C9H16N2O/c1-11-6-7-3-4-8(11)5-9(7)10-12-2/h7-8H,3-6H2,1-2H3/b10-9-. The molecular formula is C9H16N2O. The van der Waals surface area contributed by atoms with Gasteiger partial charge >= 0.3 is 0 Å². The molecule has 0 amide bonds. The van der Waals surface area contributed by atoms with Gasteiger partial charge in [0.1, 0.15) is 7.11 Å². The number of rotatable bonds is 1. The first-order chi connectivity index (χ1) is 5.81. The maximum absolute atomic E-state index is 4.84. The largest absolute Gasteiger partial charge is 0.399 e. The van der Waals surface area contributed by atoms with Gasteiger partial charge in [-0.05, 0) is 19.9 Å². The Balaban J connectivity index is 2.10. The first-order valence-corrected chi connectivity index (χ1v) is 4.61. The van der Waals surface area contributed by atoms with Gasteiger partial charge < -0.3 is 9.74 Å². The summed E-state index contributed by atoms with van der Waals surface area (Å²) >= 11 is 0. The highest BCUT2D eigenvalue weighted by Crippen LogP contribution is 2.32. The lowest BCUT2D eigenvalue weighted by molar-refractivity contribution is 0.132. The maximum atomic E-state index is 4.84. The Morgan fingerprint density at radius 3 is 2.83 bits per heavy atom. The first-order valence-electron chi connectivity index (χ1n) is 4.61. The molecule has 1 aliphatic carbocycles. The highest BCUT2D eigenvalue weighted by molar-refractivity contribution is 5.88. The molecule has 68 valence electrons. The Labute approximate surface area is 73.4 Å². The predicted molar refractivity (Wildman–Crippen MR) is 48.2 cm³/mol. The average molecular weight is 168 g/mol. The first kappa shape index (κ1) is 8.05. The van der Waals surface area contributed by atoms with Gasteiger partial charge in [0.05, 0.1) is 5.71 Å². The van der Waals surface area contributed by atoms with Gasteiger partial charge in [0, 0.05) is 24.9 Å². The molecule has 3 rings (SSSR count). The molecular weight excluding hydrogens is 152 g/mol. The minimum absolute atomic E-state index is 0.667. The molecule has 3 nitrogen and oxygen atoms in total. The van der Waals surface area contributed by atoms with Crippen molar-refractivity contribution in [2.24, 2.45) is 11.1 Å². The average Bonchev–Trinajstić information content (AvgIpc) is 2.07. The minimum atomic E-state index is 0.667. The smallest absolute Gasteiger partial charge is 0.106 e. The van der Waals surface area contributed by atoms with Crippen LogP contribution in [0, 0.1) is 5.92 Å². The SMILES string of the molecule is CO/N=C1/CC2CCC1CN2C. The van der Waals surface area contributed by atoms with Crippen molar-refractivity contribution in [1.82, 2.24) is 4.90 Å². The van der Waals surface area contributed by atoms with Gasteiger partial charge in [0.25, 0.3) is 0 Å². The van der Waals surface area contributed by atoms with E-state index in [4.69, 9.17) is 4.84 Å². The third-order valence-electron chi connectivity index (χ3n) is 3.10. The Morgan fingerprint density at radius 2 is 2.33 bits per heavy atom. The van der Waals surface area contributed by atoms with Crippen LogP contribution in [0.1, 0.15) is 19.3 Å². The molecule has 2 heterocycles. The van der Waals surface area contributed by atoms with Gasteiger partial charge in [-0.1, -0.05) is 5.16 Å². The van der Waals surface area contributed by atoms with Gasteiger partial charge in [0.2, 0.25) is 0 Å². The summed E-state index contributed by atoms with van der Waals surface area (Å²) < 4.78 is 0. The summed E-state index contributed by atoms with van der Waals surface area (Å²) in [5.41, 5.74) is 1.28. The van der Waals surface area contributed by atoms with Gasteiger partial charge in [-0.25, -0.2) is 0 Å². The highest BCUT2D eigenvalue weighted by atomic mass is 16.6. The van der Waals surface area contributed by atoms with Crippen molar-refractivity contribution < 1.29 is 4.84 Å². The van der Waals surface area contributed by atoms with Crippen molar-refractivity contribution in [3.05, 3.63) is 0 Å². The number of nitrogens with zero attached hydrogens (tertiary/aromatic N) is 2. The summed E-state index contributed by atoms with van der Waals surface area (Å²) in [6.07, 6.45) is 3.76. The van der Waals surface area contributed by atoms with E-state index in [-0.39, 0.29) is 0 Å². The number of hydrogen-bond acceptors (Lipinski definition) is 3. The monoisotopic (exact) mass is 168 g/mol. The van der Waals surface area contributed by atoms with Crippen molar-refractivity contribution in [2.45, 2.75) is 25.3 Å². The van der Waals surface area contributed by atoms with E-state index in [1.54, 1.807) is 7.11 Å². The van der Waals surface area contributed by atoms with Crippen LogP contribution in [0.2, 0.25) is 0 Å². The van der Waals surface area contributed by atoms with E-state index in [1.807, 2.05) is 0 Å². The van der Waals surface area contributed by atoms with Crippen LogP contribution < -0.4 is 0 Å². The molecule has 2 aliphatic heterocycles. The van der Waals surface area contributed by atoms with E-state index >= 15 is 0 Å². The summed E-state index contributed by atoms with van der Waals surface area (Å²) in [5.74, 6) is 0.667. The molecule has 0 N–H and O–H groups in total. The van der Waals surface area contributed by atoms with Crippen LogP contribution in [0.25, 0.3) is 0 Å². The normalized spacial score (nSPS) is 39.0. The highest BCUT2D eigenvalue weighted by Gasteiger charge is 2.36. The van der Waals surface area contributed by atoms with Crippen LogP contribution in [0.15, 0.2) is 5.16 Å². The zero-order valence-corrected chi connectivity index (χ0v) is 7.79. The number of hydrogen-bond donors (Lipinski definition) is 0. The van der Waals surface area contributed by atoms with Gasteiger partial charge in [-0.3, -0.25) is 0 Å². The Hall–Kier alpha value is -0.570. The number of oxime groups is 1. The molecule has 2 saturated heterocycles. The molecule has 12 heavy (non-hydrogen) atoms. The van der Waals surface area contributed by atoms with Crippen molar-refractivity contribution in [3.8, 4) is 0 Å². The van der Waals surface area contributed by atoms with E-state index < -0.39 is 0 Å². The van der Waals surface area contributed by atoms with Gasteiger partial charge in [-0.15, -0.1) is 0 Å². The molecule has 3 aliphatic rings. The Morgan fingerprint density at radius 1 is 1.50 bits per heavy atom. The molecule has 0 radical (unpaired) electrons. The predicted octanol–water partition coefficient (Wildman–Crippen LogP) is 1.10. The van der Waals surface area contributed by atoms with Crippen LogP contribution >= 0.6 is 0 Å². The quantitative estimate of drug-likeness (QED) is 0.548. The molecule has 2 unspecified atom stereocenters. The van der Waals surface area contributed by atoms with Crippen LogP contribution in [-0.4, -0.2) is 37.4 Å². The topological polar surface area (TPSA) is 24.8 Å². The zero-order valence-electron chi connectivity index (χ0n) is 7.79. The van der Waals surface area contributed by atoms with Crippen molar-refractivity contribution in [1.29, 1.82) is 0 Å². The van der Waals surface area contributed by atoms with E-state index in [9.17, 15) is 0 Å². The summed E-state index contributed by atoms with van der Waals surface area (Å²) in [5, 5.41) is 4.09. The second-order valence-electron chi connectivity index (χ2n) is 3.84. The summed E-state index contributed by atoms with van der Waals surface area (Å²) in [4.78, 5) is 7.29. The molecule has 2 bridgehead atoms. The molecule has 0 aromatic heterocycles. The molecule has 0 aromatic carbocycles. The molecule has 0 spiro atoms. The van der Waals surface area contributed by atoms with E-state index in [1.165, 1.54) is 25.1 Å². The number of fused-ring (bicyclic) bond motifs is 3. The van der Waals surface area contributed by atoms with E-state index in [0.717, 1.165) is 12.5 Å². The lowest BCUT2D eigenvalue weighted by atomic mass is 9.79. The van der Waals surface area contributed by atoms with Crippen LogP contribution in [-0.2, 0) is 4.84 Å². The van der Waals surface area contributed by atoms with Crippen molar-refractivity contribution >= 4 is 5.71 Å². The second kappa shape index (κ2) is 3.05. The minimum Gasteiger partial charge on any atom is -0.399 e. The summed E-state index contributed by atoms with van der Waals surface area (Å²) in [7, 11) is 3.85. The van der Waals surface area contributed by atoms with Crippen molar-refractivity contribution in [3.63, 3.8) is 0 Å². The van der Waals surface area contributed by atoms with Gasteiger partial charge in [-0.2, -0.15) is 0 Å². The zero-order chi connectivity index (χ0) is 8.55. The molecule has 3 fully saturated rings. The third-order valence-corrected chi connectivity index (χ3v) is 3.10. The molecule has 0 aromatic rings. The van der Waals surface area contributed by atoms with Gasteiger partial charge in [0.15, 0.2) is 0 Å². The maximum Gasteiger partial charge on any atom is 0.106 e. The van der Waals surface area contributed by atoms with Crippen LogP contribution in [0.5, 0.6) is 0 Å². The Bertz CT molecular complexity index is 203. The fourth-order valence-corrected chi connectivity index (χ4v) is 2.37. The van der Waals surface area contributed by atoms with E-state index in [0.29, 0.717) is 5.92 Å². The van der Waals surface area contributed by atoms with E-state index in [2.05, 4.69) is 17.1 Å². The molecule has 3 heteroatoms. The Kier molecular flexibility index (Phi) is 2.05. The molecule has 1 saturated carbocycles. The summed E-state index contributed by atoms with van der Waals surface area (Å²) in [6, 6.07) is 0.726. The number of piperidine rings is 2. The van der Waals surface area contributed by atoms with Crippen LogP contribution in [0.4, 0.5) is 0 Å². The lowest BCUT2D eigenvalue weighted by Crippen LogP contribution is -2.50. The van der Waals surface area contributed by atoms with Crippen molar-refractivity contribution in [2.75, 3.05) is 20.7 Å². The van der Waals surface area contributed by atoms with Crippen LogP contribution in [0.3, 0.4) is 0 Å². The summed E-state index contributed by atoms with van der Waals surface area (Å²) in [6.45, 7) is 1.17. The fraction of sp³-hybridized carbons (Fsp3) is 0.889. The fourth-order valence-electron chi connectivity index (χ4n) is 2.37. The second-order valence-corrected chi connectivity index (χ2v) is 3.84. The molecule has 2 atom stereocenters. The lowest BCUT2D eigenvalue weighted by Gasteiger charge is -2.43. The third kappa shape index (κ3) is 1.22.